The van der Waals surface area contributed by atoms with Crippen molar-refractivity contribution in [2.45, 2.75) is 117 Å². The van der Waals surface area contributed by atoms with Gasteiger partial charge in [0.05, 0.1) is 30.9 Å². The number of hydrogen-bond donors (Lipinski definition) is 2. The summed E-state index contributed by atoms with van der Waals surface area (Å²) in [4.78, 5) is 56.5. The Morgan fingerprint density at radius 3 is 1.60 bits per heavy atom. The van der Waals surface area contributed by atoms with E-state index < -0.39 is 35.9 Å². The van der Waals surface area contributed by atoms with Gasteiger partial charge in [0.1, 0.15) is 5.71 Å². The van der Waals surface area contributed by atoms with Gasteiger partial charge in [0.25, 0.3) is 0 Å². The van der Waals surface area contributed by atoms with Crippen LogP contribution in [-0.4, -0.2) is 86.1 Å². The minimum atomic E-state index is -1.01. The molecule has 0 saturated carbocycles. The predicted octanol–water partition coefficient (Wildman–Crippen LogP) is 14.8. The number of nitrogens with zero attached hydrogens (tertiary/aromatic N) is 4. The van der Waals surface area contributed by atoms with Gasteiger partial charge in [-0.1, -0.05) is 253 Å². The minimum absolute atomic E-state index is 0. The Labute approximate surface area is 480 Å². The van der Waals surface area contributed by atoms with E-state index in [9.17, 15) is 29.6 Å². The fraction of sp³-hybridized carbons (Fsp3) is 0.309. The Bertz CT molecular complexity index is 2810. The number of carbonyl (C=O) groups is 4. The molecule has 0 radical (unpaired) electrons. The van der Waals surface area contributed by atoms with E-state index in [0.29, 0.717) is 37.2 Å². The second kappa shape index (κ2) is 37.5. The number of oxime groups is 1. The molecule has 0 bridgehead atoms. The van der Waals surface area contributed by atoms with E-state index >= 15 is 0 Å². The number of likely N-dealkylation sites (tertiary alicyclic amines) is 1. The van der Waals surface area contributed by atoms with Crippen molar-refractivity contribution >= 4 is 35.2 Å². The summed E-state index contributed by atoms with van der Waals surface area (Å²) in [6.45, 7) is 4.71. The molecule has 432 valence electrons. The molecule has 0 unspecified atom stereocenters. The maximum atomic E-state index is 14.0. The largest absolute Gasteiger partial charge is 0.464 e. The van der Waals surface area contributed by atoms with Crippen LogP contribution in [0, 0.1) is 11.8 Å². The maximum absolute atomic E-state index is 14.0. The highest BCUT2D eigenvalue weighted by molar-refractivity contribution is 6.10. The topological polar surface area (TPSA) is 149 Å². The fourth-order valence-corrected chi connectivity index (χ4v) is 9.21. The van der Waals surface area contributed by atoms with Crippen molar-refractivity contribution in [2.75, 3.05) is 13.2 Å². The van der Waals surface area contributed by atoms with Gasteiger partial charge in [0.2, 0.25) is 11.8 Å². The van der Waals surface area contributed by atoms with Crippen LogP contribution in [0.1, 0.15) is 107 Å². The number of esters is 2. The van der Waals surface area contributed by atoms with E-state index in [-0.39, 0.29) is 96.2 Å². The monoisotopic (exact) mass is 1090 g/mol. The fourth-order valence-electron chi connectivity index (χ4n) is 9.21. The molecule has 12 heteroatoms. The summed E-state index contributed by atoms with van der Waals surface area (Å²) in [5.74, 6) is -2.35. The molecule has 2 amide bonds. The van der Waals surface area contributed by atoms with Crippen LogP contribution in [0.3, 0.4) is 0 Å². The molecule has 2 N–H and O–H groups in total. The van der Waals surface area contributed by atoms with Crippen LogP contribution in [0.25, 0.3) is 5.70 Å². The lowest BCUT2D eigenvalue weighted by Gasteiger charge is -2.40. The third-order valence-electron chi connectivity index (χ3n) is 12.6. The summed E-state index contributed by atoms with van der Waals surface area (Å²) >= 11 is 0. The molecule has 6 aromatic carbocycles. The Balaban J connectivity index is 0. The van der Waals surface area contributed by atoms with E-state index in [2.05, 4.69) is 5.16 Å². The zero-order chi connectivity index (χ0) is 50.7. The summed E-state index contributed by atoms with van der Waals surface area (Å²) in [6, 6.07) is 56.0. The SMILES string of the molecule is C.C.C.C.C.C.C.C.CCOC(=O)/C=C/[C@H](Cc1ccccc1)N(Cc1ccccc1)C(=O)/C=C/C(=NO)c1ccccc1.CCOC(=O)[C@@H]1[C@@H]2[C@H](C=C(c3ccccc3)N1O)C(=O)N(Cc1ccccc1)[C@H]2Cc1ccccc1. The number of benzene rings is 6. The molecule has 8 rings (SSSR count). The number of hydrogen-bond acceptors (Lipinski definition) is 10. The van der Waals surface area contributed by atoms with Gasteiger partial charge in [-0.15, -0.1) is 0 Å². The Hall–Kier alpha value is -8.35. The molecule has 5 atom stereocenters. The van der Waals surface area contributed by atoms with E-state index in [4.69, 9.17) is 9.47 Å². The van der Waals surface area contributed by atoms with Gasteiger partial charge >= 0.3 is 11.9 Å². The third-order valence-corrected chi connectivity index (χ3v) is 12.6. The minimum Gasteiger partial charge on any atom is -0.464 e. The molecule has 1 saturated heterocycles. The zero-order valence-corrected chi connectivity index (χ0v) is 40.5. The maximum Gasteiger partial charge on any atom is 0.331 e. The highest BCUT2D eigenvalue weighted by Gasteiger charge is 2.57. The van der Waals surface area contributed by atoms with Crippen LogP contribution in [0.5, 0.6) is 0 Å². The first kappa shape index (κ1) is 73.7. The molecule has 2 heterocycles. The lowest BCUT2D eigenvalue weighted by atomic mass is 9.78. The van der Waals surface area contributed by atoms with Crippen molar-refractivity contribution in [2.24, 2.45) is 17.0 Å². The number of hydroxylamine groups is 2. The van der Waals surface area contributed by atoms with Gasteiger partial charge in [0.15, 0.2) is 6.04 Å². The number of fused-ring (bicyclic) bond motifs is 1. The Morgan fingerprint density at radius 2 is 1.09 bits per heavy atom. The highest BCUT2D eigenvalue weighted by Crippen LogP contribution is 2.45. The molecule has 6 aromatic rings. The van der Waals surface area contributed by atoms with Gasteiger partial charge < -0.3 is 24.5 Å². The number of carbonyl (C=O) groups excluding carboxylic acids is 4. The number of ether oxygens (including phenoxy) is 2. The Morgan fingerprint density at radius 1 is 0.613 bits per heavy atom. The summed E-state index contributed by atoms with van der Waals surface area (Å²) < 4.78 is 10.5. The van der Waals surface area contributed by atoms with Crippen LogP contribution >= 0.6 is 0 Å². The van der Waals surface area contributed by atoms with Gasteiger partial charge in [-0.05, 0) is 66.7 Å². The second-order valence-electron chi connectivity index (χ2n) is 17.3. The predicted molar refractivity (Wildman–Crippen MR) is 331 cm³/mol. The second-order valence-corrected chi connectivity index (χ2v) is 17.3. The van der Waals surface area contributed by atoms with Crippen molar-refractivity contribution in [3.63, 3.8) is 0 Å². The molecule has 12 nitrogen and oxygen atoms in total. The third kappa shape index (κ3) is 19.5. The summed E-state index contributed by atoms with van der Waals surface area (Å²) in [7, 11) is 0. The Kier molecular flexibility index (Phi) is 34.5. The van der Waals surface area contributed by atoms with Crippen LogP contribution in [0.4, 0.5) is 0 Å². The molecular formula is C68H92N4O8. The number of amides is 2. The summed E-state index contributed by atoms with van der Waals surface area (Å²) in [5, 5.41) is 25.3. The van der Waals surface area contributed by atoms with Crippen LogP contribution in [0.2, 0.25) is 0 Å². The lowest BCUT2D eigenvalue weighted by Crippen LogP contribution is -2.52. The first-order valence-corrected chi connectivity index (χ1v) is 24.2. The molecule has 0 spiro atoms. The van der Waals surface area contributed by atoms with Gasteiger partial charge in [0, 0.05) is 42.8 Å². The summed E-state index contributed by atoms with van der Waals surface area (Å²) in [6.07, 6.45) is 8.85. The average molecular weight is 1090 g/mol. The van der Waals surface area contributed by atoms with Crippen molar-refractivity contribution < 1.29 is 39.1 Å². The molecule has 2 aliphatic heterocycles. The molecular weight excluding hydrogens is 1000 g/mol. The number of rotatable bonds is 18. The van der Waals surface area contributed by atoms with Crippen molar-refractivity contribution in [1.82, 2.24) is 14.9 Å². The zero-order valence-electron chi connectivity index (χ0n) is 40.5. The molecule has 1 fully saturated rings. The first-order valence-electron chi connectivity index (χ1n) is 24.2. The van der Waals surface area contributed by atoms with E-state index in [1.54, 1.807) is 37.0 Å². The van der Waals surface area contributed by atoms with Crippen LogP contribution in [-0.2, 0) is 54.6 Å². The van der Waals surface area contributed by atoms with Crippen molar-refractivity contribution in [1.29, 1.82) is 0 Å². The standard InChI is InChI=1S/2C30H30N2O4.8CH4/c1-2-36-30(34)28-27-24(19-25(32(28)35)23-16-10-5-11-17-23)29(33)31(20-22-14-8-4-9-15-22)26(27)18-21-12-6-3-7-13-21;1-2-36-30(34)21-18-27(22-24-12-6-3-7-13-24)32(23-25-14-8-4-9-15-25)29(33)20-19-28(31-35)26-16-10-5-11-17-26;;;;;;;;/h3-17,19,24,26-28,35H,2,18,20H2,1H3;3-21,27,35H,2,22-23H2,1H3;8*1H4/b;20-19+,21-18+,31-28?;;;;;;;;/t24-,26-,27+,28-;27-;;;;;;;;/m01......../s1. The van der Waals surface area contributed by atoms with Gasteiger partial charge in [-0.25, -0.2) is 14.7 Å². The van der Waals surface area contributed by atoms with Crippen molar-refractivity contribution in [3.8, 4) is 0 Å². The summed E-state index contributed by atoms with van der Waals surface area (Å²) in [5.41, 5.74) is 6.19. The van der Waals surface area contributed by atoms with Crippen molar-refractivity contribution in [3.05, 3.63) is 246 Å². The van der Waals surface area contributed by atoms with Crippen LogP contribution in [0.15, 0.2) is 218 Å². The lowest BCUT2D eigenvalue weighted by molar-refractivity contribution is -0.169. The molecule has 80 heavy (non-hydrogen) atoms. The molecule has 2 aliphatic rings. The van der Waals surface area contributed by atoms with Gasteiger partial charge in [-0.2, -0.15) is 0 Å². The highest BCUT2D eigenvalue weighted by atomic mass is 16.6. The quantitative estimate of drug-likeness (QED) is 0.0282. The number of allylic oxidation sites excluding steroid dienone is 1. The first-order chi connectivity index (χ1) is 35.2. The van der Waals surface area contributed by atoms with E-state index in [1.807, 2.05) is 181 Å². The molecule has 0 aliphatic carbocycles. The smallest absolute Gasteiger partial charge is 0.331 e. The van der Waals surface area contributed by atoms with E-state index in [0.717, 1.165) is 32.9 Å². The van der Waals surface area contributed by atoms with Gasteiger partial charge in [-0.3, -0.25) is 14.8 Å². The van der Waals surface area contributed by atoms with Crippen LogP contribution < -0.4 is 0 Å². The average Bonchev–Trinajstić information content (AvgIpc) is 3.66. The van der Waals surface area contributed by atoms with E-state index in [1.165, 1.54) is 18.2 Å². The normalized spacial score (nSPS) is 16.1. The molecule has 0 aromatic heterocycles.